The highest BCUT2D eigenvalue weighted by molar-refractivity contribution is 6.31. The van der Waals surface area contributed by atoms with Crippen molar-refractivity contribution in [3.63, 3.8) is 0 Å². The topological polar surface area (TPSA) is 62.6 Å². The summed E-state index contributed by atoms with van der Waals surface area (Å²) in [5.74, 6) is -0.304. The van der Waals surface area contributed by atoms with Crippen LogP contribution in [-0.2, 0) is 11.3 Å². The summed E-state index contributed by atoms with van der Waals surface area (Å²) < 4.78 is 0. The minimum atomic E-state index is -0.187. The van der Waals surface area contributed by atoms with E-state index in [4.69, 9.17) is 11.6 Å². The molecule has 2 rings (SSSR count). The minimum absolute atomic E-state index is 0.117. The van der Waals surface area contributed by atoms with Gasteiger partial charge in [-0.1, -0.05) is 35.9 Å². The Morgan fingerprint density at radius 1 is 1.12 bits per heavy atom. The van der Waals surface area contributed by atoms with E-state index in [-0.39, 0.29) is 11.8 Å². The average molecular weight is 347 g/mol. The van der Waals surface area contributed by atoms with Crippen LogP contribution in [0.1, 0.15) is 15.9 Å². The number of carbonyl (C=O) groups is 2. The van der Waals surface area contributed by atoms with Crippen LogP contribution in [0.15, 0.2) is 48.5 Å². The molecule has 126 valence electrons. The fraction of sp³-hybridized carbons (Fsp3) is 0.222. The lowest BCUT2D eigenvalue weighted by Gasteiger charge is -2.15. The second-order valence-electron chi connectivity index (χ2n) is 5.61. The van der Waals surface area contributed by atoms with Crippen molar-refractivity contribution >= 4 is 29.1 Å². The van der Waals surface area contributed by atoms with Gasteiger partial charge in [0.05, 0.1) is 7.05 Å². The van der Waals surface area contributed by atoms with Gasteiger partial charge in [-0.25, -0.2) is 0 Å². The molecule has 0 bridgehead atoms. The standard InChI is InChI=1S/C18H20ClN3O2/c1-20-18(24)13-7-5-8-15(10-13)21-17(23)12-22(2)11-14-6-3-4-9-16(14)19/h3-10H,11-12H2,1-2H3,(H,20,24)(H,21,23)/p+1. The Morgan fingerprint density at radius 3 is 2.58 bits per heavy atom. The normalized spacial score (nSPS) is 11.6. The van der Waals surface area contributed by atoms with Crippen LogP contribution in [-0.4, -0.2) is 32.5 Å². The van der Waals surface area contributed by atoms with E-state index >= 15 is 0 Å². The first kappa shape index (κ1) is 18.0. The molecule has 0 aliphatic carbocycles. The lowest BCUT2D eigenvalue weighted by atomic mass is 10.2. The average Bonchev–Trinajstić information content (AvgIpc) is 2.56. The molecule has 0 saturated carbocycles. The van der Waals surface area contributed by atoms with E-state index in [1.54, 1.807) is 31.3 Å². The molecule has 0 saturated heterocycles. The molecule has 0 aliphatic rings. The maximum atomic E-state index is 12.2. The summed E-state index contributed by atoms with van der Waals surface area (Å²) in [6.45, 7) is 0.959. The fourth-order valence-electron chi connectivity index (χ4n) is 2.39. The zero-order valence-electron chi connectivity index (χ0n) is 13.7. The van der Waals surface area contributed by atoms with Crippen LogP contribution in [0.25, 0.3) is 0 Å². The first-order valence-corrected chi connectivity index (χ1v) is 8.04. The van der Waals surface area contributed by atoms with Crippen molar-refractivity contribution in [2.45, 2.75) is 6.54 Å². The summed E-state index contributed by atoms with van der Waals surface area (Å²) in [7, 11) is 3.50. The Hall–Kier alpha value is -2.37. The number of carbonyl (C=O) groups excluding carboxylic acids is 2. The van der Waals surface area contributed by atoms with Gasteiger partial charge in [-0.2, -0.15) is 0 Å². The molecule has 0 radical (unpaired) electrons. The van der Waals surface area contributed by atoms with Gasteiger partial charge < -0.3 is 15.5 Å². The number of amides is 2. The van der Waals surface area contributed by atoms with Gasteiger partial charge in [0.1, 0.15) is 6.54 Å². The highest BCUT2D eigenvalue weighted by atomic mass is 35.5. The van der Waals surface area contributed by atoms with E-state index in [1.165, 1.54) is 0 Å². The number of hydrogen-bond donors (Lipinski definition) is 3. The molecule has 3 N–H and O–H groups in total. The molecule has 0 fully saturated rings. The number of likely N-dealkylation sites (N-methyl/N-ethyl adjacent to an activating group) is 1. The van der Waals surface area contributed by atoms with Crippen LogP contribution in [0.4, 0.5) is 5.69 Å². The summed E-state index contributed by atoms with van der Waals surface area (Å²) in [5.41, 5.74) is 2.12. The predicted octanol–water partition coefficient (Wildman–Crippen LogP) is 1.35. The number of rotatable bonds is 6. The van der Waals surface area contributed by atoms with Crippen molar-refractivity contribution in [2.24, 2.45) is 0 Å². The number of anilines is 1. The van der Waals surface area contributed by atoms with Crippen molar-refractivity contribution in [2.75, 3.05) is 26.0 Å². The maximum Gasteiger partial charge on any atom is 0.279 e. The highest BCUT2D eigenvalue weighted by Crippen LogP contribution is 2.13. The molecule has 2 aromatic rings. The number of quaternary nitrogens is 1. The lowest BCUT2D eigenvalue weighted by molar-refractivity contribution is -0.885. The lowest BCUT2D eigenvalue weighted by Crippen LogP contribution is -3.08. The van der Waals surface area contributed by atoms with Crippen molar-refractivity contribution in [3.05, 3.63) is 64.7 Å². The smallest absolute Gasteiger partial charge is 0.279 e. The van der Waals surface area contributed by atoms with Gasteiger partial charge in [0.15, 0.2) is 6.54 Å². The van der Waals surface area contributed by atoms with E-state index in [0.29, 0.717) is 29.4 Å². The third-order valence-electron chi connectivity index (χ3n) is 3.55. The SMILES string of the molecule is CNC(=O)c1cccc(NC(=O)C[NH+](C)Cc2ccccc2Cl)c1. The Balaban J connectivity index is 1.93. The molecule has 0 heterocycles. The van der Waals surface area contributed by atoms with Crippen molar-refractivity contribution in [1.82, 2.24) is 5.32 Å². The van der Waals surface area contributed by atoms with Gasteiger partial charge in [0.2, 0.25) is 0 Å². The second-order valence-corrected chi connectivity index (χ2v) is 6.02. The van der Waals surface area contributed by atoms with Crippen LogP contribution in [0, 0.1) is 0 Å². The van der Waals surface area contributed by atoms with Gasteiger partial charge in [0, 0.05) is 28.9 Å². The number of hydrogen-bond acceptors (Lipinski definition) is 2. The largest absolute Gasteiger partial charge is 0.355 e. The minimum Gasteiger partial charge on any atom is -0.355 e. The van der Waals surface area contributed by atoms with Gasteiger partial charge in [-0.15, -0.1) is 0 Å². The Bertz CT molecular complexity index is 734. The Labute approximate surface area is 146 Å². The van der Waals surface area contributed by atoms with E-state index in [0.717, 1.165) is 10.5 Å². The van der Waals surface area contributed by atoms with Crippen molar-refractivity contribution < 1.29 is 14.5 Å². The monoisotopic (exact) mass is 346 g/mol. The molecule has 6 heteroatoms. The summed E-state index contributed by atoms with van der Waals surface area (Å²) in [4.78, 5) is 24.8. The zero-order chi connectivity index (χ0) is 17.5. The quantitative estimate of drug-likeness (QED) is 0.739. The summed E-state index contributed by atoms with van der Waals surface area (Å²) in [6.07, 6.45) is 0. The molecule has 5 nitrogen and oxygen atoms in total. The Kier molecular flexibility index (Phi) is 6.35. The maximum absolute atomic E-state index is 12.2. The van der Waals surface area contributed by atoms with Crippen LogP contribution in [0.3, 0.4) is 0 Å². The van der Waals surface area contributed by atoms with Gasteiger partial charge >= 0.3 is 0 Å². The number of nitrogens with one attached hydrogen (secondary N) is 3. The van der Waals surface area contributed by atoms with Crippen LogP contribution >= 0.6 is 11.6 Å². The van der Waals surface area contributed by atoms with Crippen molar-refractivity contribution in [1.29, 1.82) is 0 Å². The molecule has 0 spiro atoms. The second kappa shape index (κ2) is 8.47. The van der Waals surface area contributed by atoms with E-state index < -0.39 is 0 Å². The molecule has 2 aromatic carbocycles. The van der Waals surface area contributed by atoms with Crippen LogP contribution < -0.4 is 15.5 Å². The molecule has 0 aliphatic heterocycles. The molecule has 2 amide bonds. The van der Waals surface area contributed by atoms with Crippen LogP contribution in [0.2, 0.25) is 5.02 Å². The molecule has 24 heavy (non-hydrogen) atoms. The first-order chi connectivity index (χ1) is 11.5. The summed E-state index contributed by atoms with van der Waals surface area (Å²) in [5, 5.41) is 6.08. The fourth-order valence-corrected chi connectivity index (χ4v) is 2.59. The van der Waals surface area contributed by atoms with Gasteiger partial charge in [0.25, 0.3) is 11.8 Å². The molecule has 1 unspecified atom stereocenters. The predicted molar refractivity (Wildman–Crippen MR) is 95.4 cm³/mol. The van der Waals surface area contributed by atoms with Crippen molar-refractivity contribution in [3.8, 4) is 0 Å². The zero-order valence-corrected chi connectivity index (χ0v) is 14.5. The molecular formula is C18H21ClN3O2+. The third-order valence-corrected chi connectivity index (χ3v) is 3.92. The van der Waals surface area contributed by atoms with E-state index in [9.17, 15) is 9.59 Å². The van der Waals surface area contributed by atoms with Crippen LogP contribution in [0.5, 0.6) is 0 Å². The summed E-state index contributed by atoms with van der Waals surface area (Å²) >= 11 is 6.14. The number of halogens is 1. The van der Waals surface area contributed by atoms with E-state index in [2.05, 4.69) is 10.6 Å². The first-order valence-electron chi connectivity index (χ1n) is 7.66. The molecule has 0 aromatic heterocycles. The third kappa shape index (κ3) is 5.08. The van der Waals surface area contributed by atoms with Gasteiger partial charge in [-0.05, 0) is 24.3 Å². The Morgan fingerprint density at radius 2 is 1.88 bits per heavy atom. The van der Waals surface area contributed by atoms with E-state index in [1.807, 2.05) is 31.3 Å². The number of benzene rings is 2. The molecule has 1 atom stereocenters. The molecular weight excluding hydrogens is 326 g/mol. The highest BCUT2D eigenvalue weighted by Gasteiger charge is 2.13. The summed E-state index contributed by atoms with van der Waals surface area (Å²) in [6, 6.07) is 14.5. The van der Waals surface area contributed by atoms with Gasteiger partial charge in [-0.3, -0.25) is 9.59 Å².